The predicted molar refractivity (Wildman–Crippen MR) is 190 cm³/mol. The summed E-state index contributed by atoms with van der Waals surface area (Å²) in [4.78, 5) is 37.7. The van der Waals surface area contributed by atoms with E-state index in [1.165, 1.54) is 87.4 Å². The van der Waals surface area contributed by atoms with Crippen LogP contribution in [0.25, 0.3) is 0 Å². The number of rotatable bonds is 23. The summed E-state index contributed by atoms with van der Waals surface area (Å²) >= 11 is 0. The third-order valence-electron chi connectivity index (χ3n) is 8.37. The highest BCUT2D eigenvalue weighted by molar-refractivity contribution is 5.93. The van der Waals surface area contributed by atoms with Gasteiger partial charge in [0.25, 0.3) is 0 Å². The van der Waals surface area contributed by atoms with Crippen LogP contribution < -0.4 is 14.2 Å². The molecule has 0 bridgehead atoms. The number of unbranched alkanes of at least 4 members (excludes halogenated alkanes) is 12. The first-order valence-corrected chi connectivity index (χ1v) is 18.2. The molecule has 0 heterocycles. The molecule has 0 aliphatic rings. The summed E-state index contributed by atoms with van der Waals surface area (Å²) in [5.74, 6) is -4.25. The molecule has 0 unspecified atom stereocenters. The normalized spacial score (nSPS) is 11.5. The van der Waals surface area contributed by atoms with Crippen molar-refractivity contribution in [2.75, 3.05) is 6.61 Å². The fourth-order valence-corrected chi connectivity index (χ4v) is 5.38. The molecule has 272 valence electrons. The zero-order chi connectivity index (χ0) is 36.1. The third kappa shape index (κ3) is 14.3. The quantitative estimate of drug-likeness (QED) is 0.0554. The van der Waals surface area contributed by atoms with Gasteiger partial charge >= 0.3 is 17.9 Å². The van der Waals surface area contributed by atoms with Gasteiger partial charge in [-0.1, -0.05) is 90.9 Å². The number of benzene rings is 3. The fraction of sp³-hybridized carbons (Fsp3) is 0.488. The topological polar surface area (TPSA) is 88.1 Å². The van der Waals surface area contributed by atoms with Crippen molar-refractivity contribution in [3.8, 4) is 17.2 Å². The molecular formula is C41H52F2O7. The van der Waals surface area contributed by atoms with Crippen molar-refractivity contribution in [1.29, 1.82) is 0 Å². The second kappa shape index (κ2) is 22.4. The maximum absolute atomic E-state index is 14.8. The number of hydrogen-bond donors (Lipinski definition) is 0. The molecule has 0 aliphatic carbocycles. The second-order valence-corrected chi connectivity index (χ2v) is 12.7. The number of halogens is 2. The molecule has 1 atom stereocenters. The van der Waals surface area contributed by atoms with Gasteiger partial charge in [-0.3, -0.25) is 0 Å². The molecule has 0 amide bonds. The lowest BCUT2D eigenvalue weighted by Gasteiger charge is -2.13. The molecule has 3 rings (SSSR count). The van der Waals surface area contributed by atoms with Gasteiger partial charge in [0, 0.05) is 0 Å². The summed E-state index contributed by atoms with van der Waals surface area (Å²) in [6.07, 6.45) is 16.8. The second-order valence-electron chi connectivity index (χ2n) is 12.7. The summed E-state index contributed by atoms with van der Waals surface area (Å²) in [7, 11) is 0. The summed E-state index contributed by atoms with van der Waals surface area (Å²) in [6.45, 7) is 6.58. The Labute approximate surface area is 295 Å². The van der Waals surface area contributed by atoms with Gasteiger partial charge in [-0.05, 0) is 86.8 Å². The molecule has 0 spiro atoms. The molecule has 0 radical (unpaired) electrons. The Morgan fingerprint density at radius 2 is 1.04 bits per heavy atom. The highest BCUT2D eigenvalue weighted by atomic mass is 19.1. The molecule has 7 nitrogen and oxygen atoms in total. The van der Waals surface area contributed by atoms with Crippen LogP contribution in [0.1, 0.15) is 148 Å². The summed E-state index contributed by atoms with van der Waals surface area (Å²) in [5.41, 5.74) is 0.0666. The number of esters is 3. The summed E-state index contributed by atoms with van der Waals surface area (Å²) in [6, 6.07) is 12.8. The fourth-order valence-electron chi connectivity index (χ4n) is 5.38. The van der Waals surface area contributed by atoms with Crippen molar-refractivity contribution in [1.82, 2.24) is 0 Å². The monoisotopic (exact) mass is 694 g/mol. The van der Waals surface area contributed by atoms with Gasteiger partial charge in [0.2, 0.25) is 0 Å². The average Bonchev–Trinajstić information content (AvgIpc) is 3.10. The maximum atomic E-state index is 14.8. The van der Waals surface area contributed by atoms with Crippen LogP contribution in [0.3, 0.4) is 0 Å². The number of ether oxygens (including phenoxy) is 4. The highest BCUT2D eigenvalue weighted by Gasteiger charge is 2.18. The van der Waals surface area contributed by atoms with E-state index in [4.69, 9.17) is 18.9 Å². The Morgan fingerprint density at radius 1 is 0.560 bits per heavy atom. The molecule has 0 N–H and O–H groups in total. The van der Waals surface area contributed by atoms with E-state index < -0.39 is 35.3 Å². The van der Waals surface area contributed by atoms with Gasteiger partial charge in [0.05, 0.1) is 29.4 Å². The molecule has 0 fully saturated rings. The molecule has 3 aromatic carbocycles. The SMILES string of the molecule is CCCCCCCCCCCCOc1ccc(C(=O)Oc2ccc(C(=O)Oc3ccc(C(=O)O[C@H](C)CCCCCC)cc3)cc2F)cc1F. The van der Waals surface area contributed by atoms with Gasteiger partial charge in [-0.2, -0.15) is 0 Å². The van der Waals surface area contributed by atoms with Crippen LogP contribution in [-0.2, 0) is 4.74 Å². The van der Waals surface area contributed by atoms with Crippen molar-refractivity contribution >= 4 is 17.9 Å². The average molecular weight is 695 g/mol. The van der Waals surface area contributed by atoms with Crippen LogP contribution >= 0.6 is 0 Å². The van der Waals surface area contributed by atoms with Crippen LogP contribution in [0, 0.1) is 11.6 Å². The molecule has 50 heavy (non-hydrogen) atoms. The van der Waals surface area contributed by atoms with Crippen molar-refractivity contribution < 1.29 is 42.1 Å². The standard InChI is InChI=1S/C41H52F2O7/c1-4-6-8-10-11-12-13-14-15-17-27-47-37-25-21-33(28-35(37)42)41(46)50-38-26-22-32(29-36(38)43)40(45)49-34-23-19-31(20-24-34)39(44)48-30(3)18-16-9-7-5-2/h19-26,28-30H,4-18,27H2,1-3H3/t30-/m1/s1. The molecule has 3 aromatic rings. The van der Waals surface area contributed by atoms with Gasteiger partial charge in [0.15, 0.2) is 23.1 Å². The van der Waals surface area contributed by atoms with Crippen LogP contribution in [0.15, 0.2) is 60.7 Å². The van der Waals surface area contributed by atoms with Crippen molar-refractivity contribution in [3.63, 3.8) is 0 Å². The first kappa shape index (κ1) is 40.2. The Bertz CT molecular complexity index is 1490. The highest BCUT2D eigenvalue weighted by Crippen LogP contribution is 2.24. The van der Waals surface area contributed by atoms with Crippen molar-refractivity contribution in [2.45, 2.75) is 123 Å². The van der Waals surface area contributed by atoms with Gasteiger partial charge in [0.1, 0.15) is 5.75 Å². The minimum Gasteiger partial charge on any atom is -0.491 e. The molecular weight excluding hydrogens is 642 g/mol. The Kier molecular flexibility index (Phi) is 18.0. The van der Waals surface area contributed by atoms with Crippen molar-refractivity contribution in [2.24, 2.45) is 0 Å². The van der Waals surface area contributed by atoms with E-state index in [1.54, 1.807) is 0 Å². The molecule has 0 aromatic heterocycles. The van der Waals surface area contributed by atoms with E-state index in [2.05, 4.69) is 13.8 Å². The Hall–Kier alpha value is -4.27. The smallest absolute Gasteiger partial charge is 0.343 e. The van der Waals surface area contributed by atoms with E-state index in [0.717, 1.165) is 69.6 Å². The van der Waals surface area contributed by atoms with Gasteiger partial charge < -0.3 is 18.9 Å². The summed E-state index contributed by atoms with van der Waals surface area (Å²) in [5, 5.41) is 0. The van der Waals surface area contributed by atoms with Crippen LogP contribution in [0.2, 0.25) is 0 Å². The number of carbonyl (C=O) groups is 3. The van der Waals surface area contributed by atoms with E-state index >= 15 is 0 Å². The zero-order valence-electron chi connectivity index (χ0n) is 29.8. The van der Waals surface area contributed by atoms with Gasteiger partial charge in [-0.25, -0.2) is 23.2 Å². The van der Waals surface area contributed by atoms with E-state index in [1.807, 2.05) is 6.92 Å². The molecule has 9 heteroatoms. The lowest BCUT2D eigenvalue weighted by molar-refractivity contribution is 0.0319. The molecule has 0 saturated carbocycles. The largest absolute Gasteiger partial charge is 0.491 e. The lowest BCUT2D eigenvalue weighted by Crippen LogP contribution is -2.15. The molecule has 0 saturated heterocycles. The van der Waals surface area contributed by atoms with Crippen molar-refractivity contribution in [3.05, 3.63) is 89.0 Å². The Balaban J connectivity index is 1.43. The van der Waals surface area contributed by atoms with Crippen LogP contribution in [0.4, 0.5) is 8.78 Å². The van der Waals surface area contributed by atoms with E-state index in [0.29, 0.717) is 12.2 Å². The van der Waals surface area contributed by atoms with Crippen LogP contribution in [-0.4, -0.2) is 30.6 Å². The zero-order valence-corrected chi connectivity index (χ0v) is 29.8. The third-order valence-corrected chi connectivity index (χ3v) is 8.37. The Morgan fingerprint density at radius 3 is 1.60 bits per heavy atom. The van der Waals surface area contributed by atoms with E-state index in [-0.39, 0.29) is 28.7 Å². The first-order chi connectivity index (χ1) is 24.2. The predicted octanol–water partition coefficient (Wildman–Crippen LogP) is 11.2. The lowest BCUT2D eigenvalue weighted by atomic mass is 10.1. The minimum absolute atomic E-state index is 0.0313. The summed E-state index contributed by atoms with van der Waals surface area (Å²) < 4.78 is 51.0. The van der Waals surface area contributed by atoms with Crippen LogP contribution in [0.5, 0.6) is 17.2 Å². The number of hydrogen-bond acceptors (Lipinski definition) is 7. The molecule has 0 aliphatic heterocycles. The van der Waals surface area contributed by atoms with Gasteiger partial charge in [-0.15, -0.1) is 0 Å². The maximum Gasteiger partial charge on any atom is 0.343 e. The number of carbonyl (C=O) groups excluding carboxylic acids is 3. The van der Waals surface area contributed by atoms with E-state index in [9.17, 15) is 23.2 Å². The first-order valence-electron chi connectivity index (χ1n) is 18.2. The minimum atomic E-state index is -0.980.